The number of carboxylic acid groups (broad SMARTS) is 1. The molecule has 0 aromatic heterocycles. The van der Waals surface area contributed by atoms with Gasteiger partial charge in [0.2, 0.25) is 5.91 Å². The molecule has 1 unspecified atom stereocenters. The van der Waals surface area contributed by atoms with Gasteiger partial charge in [-0.05, 0) is 12.1 Å². The molecular formula is C12H13FN2O5. The summed E-state index contributed by atoms with van der Waals surface area (Å²) in [6.07, 6.45) is -0.599. The van der Waals surface area contributed by atoms with Crippen molar-refractivity contribution in [1.82, 2.24) is 5.32 Å². The van der Waals surface area contributed by atoms with E-state index in [1.807, 2.05) is 5.32 Å². The number of hydrogen-bond donors (Lipinski definition) is 3. The summed E-state index contributed by atoms with van der Waals surface area (Å²) >= 11 is 0. The molecule has 0 spiro atoms. The summed E-state index contributed by atoms with van der Waals surface area (Å²) in [6, 6.07) is 2.18. The van der Waals surface area contributed by atoms with Gasteiger partial charge in [-0.1, -0.05) is 6.07 Å². The topological polar surface area (TPSA) is 119 Å². The van der Waals surface area contributed by atoms with Gasteiger partial charge in [0.05, 0.1) is 13.5 Å². The molecule has 0 saturated heterocycles. The van der Waals surface area contributed by atoms with Gasteiger partial charge in [0.25, 0.3) is 5.91 Å². The molecular weight excluding hydrogens is 271 g/mol. The SMILES string of the molecule is COc1cccc(F)c1C(=O)NC(CC(N)=O)C(=O)O. The van der Waals surface area contributed by atoms with Crippen LogP contribution in [0.4, 0.5) is 4.39 Å². The highest BCUT2D eigenvalue weighted by atomic mass is 19.1. The van der Waals surface area contributed by atoms with Crippen LogP contribution in [-0.2, 0) is 9.59 Å². The van der Waals surface area contributed by atoms with E-state index in [9.17, 15) is 18.8 Å². The van der Waals surface area contributed by atoms with Crippen molar-refractivity contribution < 1.29 is 28.6 Å². The monoisotopic (exact) mass is 284 g/mol. The Morgan fingerprint density at radius 3 is 2.60 bits per heavy atom. The molecule has 20 heavy (non-hydrogen) atoms. The van der Waals surface area contributed by atoms with Crippen molar-refractivity contribution in [3.05, 3.63) is 29.6 Å². The fourth-order valence-electron chi connectivity index (χ4n) is 1.53. The van der Waals surface area contributed by atoms with Crippen LogP contribution in [-0.4, -0.2) is 36.0 Å². The first-order valence-corrected chi connectivity index (χ1v) is 5.51. The lowest BCUT2D eigenvalue weighted by atomic mass is 10.1. The van der Waals surface area contributed by atoms with Crippen molar-refractivity contribution in [3.63, 3.8) is 0 Å². The highest BCUT2D eigenvalue weighted by Gasteiger charge is 2.25. The molecule has 8 heteroatoms. The first-order chi connectivity index (χ1) is 9.36. The number of nitrogens with one attached hydrogen (secondary N) is 1. The molecule has 0 aliphatic heterocycles. The predicted octanol–water partition coefficient (Wildman–Crippen LogP) is -0.107. The first kappa shape index (κ1) is 15.4. The number of amides is 2. The number of carboxylic acids is 1. The molecule has 0 aliphatic carbocycles. The molecule has 4 N–H and O–H groups in total. The maximum Gasteiger partial charge on any atom is 0.326 e. The molecule has 108 valence electrons. The average molecular weight is 284 g/mol. The maximum absolute atomic E-state index is 13.6. The second kappa shape index (κ2) is 6.50. The smallest absolute Gasteiger partial charge is 0.326 e. The van der Waals surface area contributed by atoms with Gasteiger partial charge in [0.1, 0.15) is 23.2 Å². The van der Waals surface area contributed by atoms with Gasteiger partial charge in [-0.2, -0.15) is 0 Å². The zero-order chi connectivity index (χ0) is 15.3. The van der Waals surface area contributed by atoms with Gasteiger partial charge in [-0.3, -0.25) is 9.59 Å². The van der Waals surface area contributed by atoms with Crippen molar-refractivity contribution in [2.45, 2.75) is 12.5 Å². The Morgan fingerprint density at radius 1 is 1.45 bits per heavy atom. The number of nitrogens with two attached hydrogens (primary N) is 1. The molecule has 1 atom stereocenters. The number of aliphatic carboxylic acids is 1. The van der Waals surface area contributed by atoms with E-state index in [1.165, 1.54) is 19.2 Å². The Hall–Kier alpha value is -2.64. The van der Waals surface area contributed by atoms with E-state index in [0.29, 0.717) is 0 Å². The summed E-state index contributed by atoms with van der Waals surface area (Å²) in [5, 5.41) is 10.9. The molecule has 7 nitrogen and oxygen atoms in total. The fourth-order valence-corrected chi connectivity index (χ4v) is 1.53. The van der Waals surface area contributed by atoms with Crippen LogP contribution >= 0.6 is 0 Å². The summed E-state index contributed by atoms with van der Waals surface area (Å²) < 4.78 is 18.5. The van der Waals surface area contributed by atoms with E-state index in [1.54, 1.807) is 0 Å². The minimum Gasteiger partial charge on any atom is -0.496 e. The molecule has 0 aliphatic rings. The number of methoxy groups -OCH3 is 1. The fraction of sp³-hybridized carbons (Fsp3) is 0.250. The first-order valence-electron chi connectivity index (χ1n) is 5.51. The van der Waals surface area contributed by atoms with Crippen molar-refractivity contribution in [2.24, 2.45) is 5.73 Å². The lowest BCUT2D eigenvalue weighted by molar-refractivity contribution is -0.140. The van der Waals surface area contributed by atoms with E-state index < -0.39 is 41.6 Å². The van der Waals surface area contributed by atoms with Crippen LogP contribution in [0.25, 0.3) is 0 Å². The van der Waals surface area contributed by atoms with Gasteiger partial charge < -0.3 is 20.9 Å². The van der Waals surface area contributed by atoms with Crippen LogP contribution in [0.1, 0.15) is 16.8 Å². The number of halogens is 1. The third kappa shape index (κ3) is 3.67. The third-order valence-corrected chi connectivity index (χ3v) is 2.43. The Balaban J connectivity index is 3.00. The molecule has 0 radical (unpaired) electrons. The lowest BCUT2D eigenvalue weighted by Crippen LogP contribution is -2.43. The zero-order valence-corrected chi connectivity index (χ0v) is 10.6. The van der Waals surface area contributed by atoms with Gasteiger partial charge >= 0.3 is 5.97 Å². The van der Waals surface area contributed by atoms with Crippen molar-refractivity contribution in [2.75, 3.05) is 7.11 Å². The van der Waals surface area contributed by atoms with Gasteiger partial charge in [-0.15, -0.1) is 0 Å². The van der Waals surface area contributed by atoms with Crippen LogP contribution in [0.3, 0.4) is 0 Å². The van der Waals surface area contributed by atoms with Crippen LogP contribution < -0.4 is 15.8 Å². The standard InChI is InChI=1S/C12H13FN2O5/c1-20-8-4-2-3-6(13)10(8)11(17)15-7(12(18)19)5-9(14)16/h2-4,7H,5H2,1H3,(H2,14,16)(H,15,17)(H,18,19). The Labute approximate surface area is 113 Å². The maximum atomic E-state index is 13.6. The van der Waals surface area contributed by atoms with E-state index in [-0.39, 0.29) is 5.75 Å². The van der Waals surface area contributed by atoms with E-state index >= 15 is 0 Å². The normalized spacial score (nSPS) is 11.5. The third-order valence-electron chi connectivity index (χ3n) is 2.43. The van der Waals surface area contributed by atoms with Gasteiger partial charge in [-0.25, -0.2) is 9.18 Å². The van der Waals surface area contributed by atoms with Gasteiger partial charge in [0, 0.05) is 0 Å². The molecule has 1 aromatic carbocycles. The molecule has 2 amide bonds. The highest BCUT2D eigenvalue weighted by Crippen LogP contribution is 2.21. The quantitative estimate of drug-likeness (QED) is 0.673. The molecule has 1 rings (SSSR count). The van der Waals surface area contributed by atoms with E-state index in [2.05, 4.69) is 0 Å². The Kier molecular flexibility index (Phi) is 5.01. The van der Waals surface area contributed by atoms with E-state index in [4.69, 9.17) is 15.6 Å². The molecule has 0 bridgehead atoms. The highest BCUT2D eigenvalue weighted by molar-refractivity contribution is 5.99. The summed E-state index contributed by atoms with van der Waals surface area (Å²) in [4.78, 5) is 33.5. The van der Waals surface area contributed by atoms with E-state index in [0.717, 1.165) is 6.07 Å². The minimum absolute atomic E-state index is 0.0503. The average Bonchev–Trinajstić information content (AvgIpc) is 2.36. The number of benzene rings is 1. The summed E-state index contributed by atoms with van der Waals surface area (Å²) in [7, 11) is 1.24. The van der Waals surface area contributed by atoms with Crippen molar-refractivity contribution in [3.8, 4) is 5.75 Å². The minimum atomic E-state index is -1.54. The number of carbonyl (C=O) groups is 3. The van der Waals surface area contributed by atoms with Crippen LogP contribution in [0.15, 0.2) is 18.2 Å². The lowest BCUT2D eigenvalue weighted by Gasteiger charge is -2.14. The second-order valence-electron chi connectivity index (χ2n) is 3.85. The zero-order valence-electron chi connectivity index (χ0n) is 10.6. The number of hydrogen-bond acceptors (Lipinski definition) is 4. The van der Waals surface area contributed by atoms with Crippen LogP contribution in [0.2, 0.25) is 0 Å². The summed E-state index contributed by atoms with van der Waals surface area (Å²) in [5.74, 6) is -4.28. The Bertz CT molecular complexity index is 547. The van der Waals surface area contributed by atoms with Gasteiger partial charge in [0.15, 0.2) is 0 Å². The Morgan fingerprint density at radius 2 is 2.10 bits per heavy atom. The van der Waals surface area contributed by atoms with Crippen molar-refractivity contribution >= 4 is 17.8 Å². The van der Waals surface area contributed by atoms with Crippen LogP contribution in [0.5, 0.6) is 5.75 Å². The largest absolute Gasteiger partial charge is 0.496 e. The number of rotatable bonds is 6. The molecule has 0 saturated carbocycles. The number of carbonyl (C=O) groups excluding carboxylic acids is 2. The molecule has 0 heterocycles. The predicted molar refractivity (Wildman–Crippen MR) is 65.7 cm³/mol. The number of primary amides is 1. The molecule has 0 fully saturated rings. The summed E-state index contributed by atoms with van der Waals surface area (Å²) in [6.45, 7) is 0. The molecule has 1 aromatic rings. The van der Waals surface area contributed by atoms with Crippen molar-refractivity contribution in [1.29, 1.82) is 0 Å². The van der Waals surface area contributed by atoms with Crippen LogP contribution in [0, 0.1) is 5.82 Å². The number of ether oxygens (including phenoxy) is 1. The second-order valence-corrected chi connectivity index (χ2v) is 3.85. The summed E-state index contributed by atoms with van der Waals surface area (Å²) in [5.41, 5.74) is 4.44.